The smallest absolute Gasteiger partial charge is 0.0302 e. The number of unbranched alkanes of at least 4 members (excludes halogenated alkanes) is 4. The van der Waals surface area contributed by atoms with Crippen LogP contribution in [0.3, 0.4) is 0 Å². The number of thiophene rings is 1. The molecule has 1 aliphatic carbocycles. The fraction of sp³-hybridized carbons (Fsp3) is 0.789. The molecule has 1 aromatic rings. The maximum absolute atomic E-state index is 3.85. The highest BCUT2D eigenvalue weighted by Crippen LogP contribution is 2.30. The number of rotatable bonds is 11. The first-order valence-corrected chi connectivity index (χ1v) is 9.99. The predicted octanol–water partition coefficient (Wildman–Crippen LogP) is 5.86. The molecule has 21 heavy (non-hydrogen) atoms. The molecule has 0 amide bonds. The quantitative estimate of drug-likeness (QED) is 0.505. The molecule has 1 heterocycles. The van der Waals surface area contributed by atoms with Crippen LogP contribution in [0.4, 0.5) is 0 Å². The molecule has 0 bridgehead atoms. The summed E-state index contributed by atoms with van der Waals surface area (Å²) in [6, 6.07) is 3.20. The van der Waals surface area contributed by atoms with E-state index in [1.165, 1.54) is 70.6 Å². The second-order valence-corrected chi connectivity index (χ2v) is 7.81. The highest BCUT2D eigenvalue weighted by molar-refractivity contribution is 7.12. The molecular weight excluding hydrogens is 274 g/mol. The van der Waals surface area contributed by atoms with Gasteiger partial charge in [0.1, 0.15) is 0 Å². The summed E-state index contributed by atoms with van der Waals surface area (Å²) in [4.78, 5) is 3.23. The molecule has 0 atom stereocenters. The lowest BCUT2D eigenvalue weighted by molar-refractivity contribution is 0.419. The third-order valence-electron chi connectivity index (χ3n) is 4.67. The van der Waals surface area contributed by atoms with Crippen LogP contribution in [0, 0.1) is 0 Å². The molecular formula is C19H33NS. The van der Waals surface area contributed by atoms with Crippen LogP contribution >= 0.6 is 11.3 Å². The first-order valence-electron chi connectivity index (χ1n) is 9.17. The molecule has 0 unspecified atom stereocenters. The Morgan fingerprint density at radius 3 is 2.38 bits per heavy atom. The lowest BCUT2D eigenvalue weighted by Gasteiger charge is -2.18. The molecule has 2 heteroatoms. The molecule has 0 spiro atoms. The number of aryl methyl sites for hydroxylation is 2. The van der Waals surface area contributed by atoms with Gasteiger partial charge in [-0.2, -0.15) is 0 Å². The molecule has 1 nitrogen and oxygen atoms in total. The Hall–Kier alpha value is -0.340. The first kappa shape index (κ1) is 17.0. The van der Waals surface area contributed by atoms with Crippen LogP contribution in [0.5, 0.6) is 0 Å². The van der Waals surface area contributed by atoms with Crippen LogP contribution in [-0.4, -0.2) is 6.04 Å². The van der Waals surface area contributed by atoms with Gasteiger partial charge in [0.15, 0.2) is 0 Å². The monoisotopic (exact) mass is 307 g/mol. The molecule has 1 aliphatic rings. The van der Waals surface area contributed by atoms with Crippen LogP contribution in [0.15, 0.2) is 6.07 Å². The van der Waals surface area contributed by atoms with Gasteiger partial charge in [-0.25, -0.2) is 0 Å². The molecule has 0 radical (unpaired) electrons. The van der Waals surface area contributed by atoms with E-state index < -0.39 is 0 Å². The van der Waals surface area contributed by atoms with Crippen LogP contribution < -0.4 is 5.32 Å². The Kier molecular flexibility index (Phi) is 7.81. The van der Waals surface area contributed by atoms with E-state index in [2.05, 4.69) is 36.6 Å². The van der Waals surface area contributed by atoms with Crippen molar-refractivity contribution in [3.8, 4) is 0 Å². The highest BCUT2D eigenvalue weighted by atomic mass is 32.1. The molecule has 0 saturated heterocycles. The summed E-state index contributed by atoms with van der Waals surface area (Å²) in [6.07, 6.45) is 15.0. The van der Waals surface area contributed by atoms with Gasteiger partial charge in [0.05, 0.1) is 0 Å². The van der Waals surface area contributed by atoms with Crippen LogP contribution in [0.25, 0.3) is 0 Å². The zero-order chi connectivity index (χ0) is 14.9. The Labute approximate surface area is 135 Å². The summed E-state index contributed by atoms with van der Waals surface area (Å²) in [5.74, 6) is 0. The number of fused-ring (bicyclic) bond motifs is 1. The van der Waals surface area contributed by atoms with Gasteiger partial charge in [0.25, 0.3) is 0 Å². The van der Waals surface area contributed by atoms with Crippen molar-refractivity contribution in [3.05, 3.63) is 21.4 Å². The number of nitrogens with one attached hydrogen (secondary N) is 1. The van der Waals surface area contributed by atoms with Crippen molar-refractivity contribution in [2.24, 2.45) is 0 Å². The van der Waals surface area contributed by atoms with E-state index in [-0.39, 0.29) is 0 Å². The van der Waals surface area contributed by atoms with E-state index in [1.807, 2.05) is 0 Å². The fourth-order valence-corrected chi connectivity index (χ4v) is 4.56. The summed E-state index contributed by atoms with van der Waals surface area (Å²) >= 11 is 2.06. The topological polar surface area (TPSA) is 12.0 Å². The summed E-state index contributed by atoms with van der Waals surface area (Å²) in [5.41, 5.74) is 1.64. The van der Waals surface area contributed by atoms with Crippen molar-refractivity contribution in [2.75, 3.05) is 0 Å². The standard InChI is InChI=1S/C19H33NS/c1-3-5-7-11-17(12-8-6-4-2)20-15-18-14-16-10-9-13-19(16)21-18/h14,17,20H,3-13,15H2,1-2H3. The molecule has 120 valence electrons. The molecule has 2 rings (SSSR count). The van der Waals surface area contributed by atoms with E-state index in [0.717, 1.165) is 12.6 Å². The minimum atomic E-state index is 0.736. The van der Waals surface area contributed by atoms with E-state index in [1.54, 1.807) is 15.3 Å². The van der Waals surface area contributed by atoms with E-state index in [4.69, 9.17) is 0 Å². The third-order valence-corrected chi connectivity index (χ3v) is 5.91. The second kappa shape index (κ2) is 9.63. The minimum Gasteiger partial charge on any atom is -0.309 e. The van der Waals surface area contributed by atoms with Crippen LogP contribution in [0.1, 0.15) is 87.0 Å². The van der Waals surface area contributed by atoms with E-state index in [0.29, 0.717) is 0 Å². The summed E-state index contributed by atoms with van der Waals surface area (Å²) < 4.78 is 0. The highest BCUT2D eigenvalue weighted by Gasteiger charge is 2.15. The van der Waals surface area contributed by atoms with Crippen molar-refractivity contribution in [1.29, 1.82) is 0 Å². The van der Waals surface area contributed by atoms with Gasteiger partial charge in [0.2, 0.25) is 0 Å². The van der Waals surface area contributed by atoms with Gasteiger partial charge in [-0.05, 0) is 43.7 Å². The van der Waals surface area contributed by atoms with Gasteiger partial charge in [-0.3, -0.25) is 0 Å². The Morgan fingerprint density at radius 1 is 1.05 bits per heavy atom. The average Bonchev–Trinajstić information content (AvgIpc) is 3.05. The van der Waals surface area contributed by atoms with Crippen molar-refractivity contribution in [3.63, 3.8) is 0 Å². The lowest BCUT2D eigenvalue weighted by Crippen LogP contribution is -2.28. The van der Waals surface area contributed by atoms with Crippen LogP contribution in [-0.2, 0) is 19.4 Å². The fourth-order valence-electron chi connectivity index (χ4n) is 3.35. The summed E-state index contributed by atoms with van der Waals surface area (Å²) in [7, 11) is 0. The van der Waals surface area contributed by atoms with Crippen LogP contribution in [0.2, 0.25) is 0 Å². The molecule has 1 N–H and O–H groups in total. The van der Waals surface area contributed by atoms with Crippen molar-refractivity contribution >= 4 is 11.3 Å². The molecule has 0 saturated carbocycles. The lowest BCUT2D eigenvalue weighted by atomic mass is 10.0. The third kappa shape index (κ3) is 5.75. The van der Waals surface area contributed by atoms with E-state index >= 15 is 0 Å². The maximum atomic E-state index is 3.85. The first-order chi connectivity index (χ1) is 10.3. The van der Waals surface area contributed by atoms with Crippen molar-refractivity contribution in [1.82, 2.24) is 5.32 Å². The largest absolute Gasteiger partial charge is 0.309 e. The normalized spacial score (nSPS) is 14.0. The zero-order valence-corrected chi connectivity index (χ0v) is 14.9. The zero-order valence-electron chi connectivity index (χ0n) is 14.0. The van der Waals surface area contributed by atoms with Gasteiger partial charge in [0, 0.05) is 22.3 Å². The predicted molar refractivity (Wildman–Crippen MR) is 95.3 cm³/mol. The van der Waals surface area contributed by atoms with Gasteiger partial charge >= 0.3 is 0 Å². The molecule has 0 fully saturated rings. The summed E-state index contributed by atoms with van der Waals surface area (Å²) in [6.45, 7) is 5.69. The maximum Gasteiger partial charge on any atom is 0.0302 e. The Morgan fingerprint density at radius 2 is 1.76 bits per heavy atom. The average molecular weight is 308 g/mol. The number of hydrogen-bond donors (Lipinski definition) is 1. The Balaban J connectivity index is 1.75. The number of hydrogen-bond acceptors (Lipinski definition) is 2. The molecule has 0 aliphatic heterocycles. The van der Waals surface area contributed by atoms with Gasteiger partial charge < -0.3 is 5.32 Å². The minimum absolute atomic E-state index is 0.736. The van der Waals surface area contributed by atoms with Crippen molar-refractivity contribution < 1.29 is 0 Å². The molecule has 0 aromatic carbocycles. The Bertz CT molecular complexity index is 365. The van der Waals surface area contributed by atoms with Gasteiger partial charge in [-0.1, -0.05) is 52.4 Å². The van der Waals surface area contributed by atoms with Crippen molar-refractivity contribution in [2.45, 2.75) is 97.1 Å². The SMILES string of the molecule is CCCCCC(CCCCC)NCc1cc2c(s1)CCC2. The molecule has 1 aromatic heterocycles. The second-order valence-electron chi connectivity index (χ2n) is 6.58. The van der Waals surface area contributed by atoms with Gasteiger partial charge in [-0.15, -0.1) is 11.3 Å². The summed E-state index contributed by atoms with van der Waals surface area (Å²) in [5, 5.41) is 3.85. The van der Waals surface area contributed by atoms with E-state index in [9.17, 15) is 0 Å².